The molecule has 6 heteroatoms. The Morgan fingerprint density at radius 1 is 1.12 bits per heavy atom. The summed E-state index contributed by atoms with van der Waals surface area (Å²) in [7, 11) is 0. The summed E-state index contributed by atoms with van der Waals surface area (Å²) in [5.41, 5.74) is 3.49. The number of fused-ring (bicyclic) bond motifs is 2. The standard InChI is InChI=1S/C17H17N5S.C2H6/c1-2-3-13-10-22(11-20-13)9-12-4-5-15-14(8-12)21-16-17(23-15)19-7-6-18-16;1-2/h4-8,10-11H,2-3,9H2,1H3,(H,18,21);1-2H3. The zero-order valence-electron chi connectivity index (χ0n) is 14.9. The van der Waals surface area contributed by atoms with Crippen molar-refractivity contribution in [2.24, 2.45) is 0 Å². The second kappa shape index (κ2) is 8.16. The van der Waals surface area contributed by atoms with Gasteiger partial charge in [-0.15, -0.1) is 0 Å². The number of nitrogens with one attached hydrogen (secondary N) is 1. The van der Waals surface area contributed by atoms with Crippen LogP contribution in [-0.2, 0) is 13.0 Å². The van der Waals surface area contributed by atoms with Crippen LogP contribution in [0, 0.1) is 0 Å². The highest BCUT2D eigenvalue weighted by atomic mass is 32.2. The third-order valence-corrected chi connectivity index (χ3v) is 4.79. The molecule has 3 heterocycles. The van der Waals surface area contributed by atoms with E-state index in [-0.39, 0.29) is 0 Å². The molecule has 0 radical (unpaired) electrons. The van der Waals surface area contributed by atoms with Gasteiger partial charge in [-0.3, -0.25) is 0 Å². The van der Waals surface area contributed by atoms with E-state index in [0.717, 1.165) is 41.6 Å². The molecule has 5 nitrogen and oxygen atoms in total. The Balaban J connectivity index is 0.000000880. The number of aryl methyl sites for hydroxylation is 1. The molecule has 0 saturated heterocycles. The van der Waals surface area contributed by atoms with Crippen LogP contribution < -0.4 is 5.32 Å². The second-order valence-corrected chi connectivity index (χ2v) is 6.59. The van der Waals surface area contributed by atoms with E-state index < -0.39 is 0 Å². The lowest BCUT2D eigenvalue weighted by molar-refractivity contribution is 0.794. The van der Waals surface area contributed by atoms with Crippen molar-refractivity contribution in [3.05, 3.63) is 54.4 Å². The van der Waals surface area contributed by atoms with Gasteiger partial charge in [0.15, 0.2) is 5.82 Å². The number of aromatic nitrogens is 4. The fourth-order valence-corrected chi connectivity index (χ4v) is 3.55. The SMILES string of the molecule is CC.CCCc1cn(Cc2ccc3c(c2)Nc2nccnc2S3)cn1. The van der Waals surface area contributed by atoms with Crippen molar-refractivity contribution in [1.29, 1.82) is 0 Å². The molecule has 0 bridgehead atoms. The molecule has 0 fully saturated rings. The van der Waals surface area contributed by atoms with Gasteiger partial charge >= 0.3 is 0 Å². The molecular formula is C19H23N5S. The van der Waals surface area contributed by atoms with E-state index in [2.05, 4.69) is 56.2 Å². The predicted molar refractivity (Wildman–Crippen MR) is 103 cm³/mol. The second-order valence-electron chi connectivity index (χ2n) is 5.56. The van der Waals surface area contributed by atoms with Crippen molar-refractivity contribution in [3.63, 3.8) is 0 Å². The highest BCUT2D eigenvalue weighted by molar-refractivity contribution is 7.99. The molecule has 4 rings (SSSR count). The van der Waals surface area contributed by atoms with Gasteiger partial charge in [0, 0.05) is 30.0 Å². The molecule has 1 aliphatic rings. The van der Waals surface area contributed by atoms with Crippen LogP contribution in [0.25, 0.3) is 0 Å². The number of rotatable bonds is 4. The van der Waals surface area contributed by atoms with E-state index in [0.29, 0.717) is 0 Å². The van der Waals surface area contributed by atoms with Crippen molar-refractivity contribution in [3.8, 4) is 0 Å². The number of hydrogen-bond donors (Lipinski definition) is 1. The highest BCUT2D eigenvalue weighted by Gasteiger charge is 2.17. The zero-order chi connectivity index (χ0) is 17.6. The third kappa shape index (κ3) is 4.02. The lowest BCUT2D eigenvalue weighted by atomic mass is 10.2. The van der Waals surface area contributed by atoms with Crippen molar-refractivity contribution in [2.45, 2.75) is 50.1 Å². The summed E-state index contributed by atoms with van der Waals surface area (Å²) in [6.45, 7) is 7.00. The number of anilines is 2. The Bertz CT molecular complexity index is 843. The molecular weight excluding hydrogens is 330 g/mol. The number of benzene rings is 1. The molecule has 0 unspecified atom stereocenters. The van der Waals surface area contributed by atoms with Crippen LogP contribution in [-0.4, -0.2) is 19.5 Å². The Labute approximate surface area is 152 Å². The highest BCUT2D eigenvalue weighted by Crippen LogP contribution is 2.42. The van der Waals surface area contributed by atoms with Crippen LogP contribution in [0.3, 0.4) is 0 Å². The van der Waals surface area contributed by atoms with Crippen LogP contribution in [0.15, 0.2) is 53.0 Å². The maximum atomic E-state index is 4.44. The summed E-state index contributed by atoms with van der Waals surface area (Å²) in [5.74, 6) is 0.829. The topological polar surface area (TPSA) is 55.6 Å². The van der Waals surface area contributed by atoms with Gasteiger partial charge < -0.3 is 9.88 Å². The third-order valence-electron chi connectivity index (χ3n) is 3.73. The molecule has 0 amide bonds. The van der Waals surface area contributed by atoms with E-state index >= 15 is 0 Å². The van der Waals surface area contributed by atoms with E-state index in [1.165, 1.54) is 10.5 Å². The van der Waals surface area contributed by atoms with Crippen LogP contribution in [0.5, 0.6) is 0 Å². The molecule has 3 aromatic rings. The van der Waals surface area contributed by atoms with Crippen LogP contribution in [0.2, 0.25) is 0 Å². The minimum absolute atomic E-state index is 0.823. The maximum Gasteiger partial charge on any atom is 0.163 e. The van der Waals surface area contributed by atoms with Crippen LogP contribution in [0.1, 0.15) is 38.4 Å². The minimum atomic E-state index is 0.823. The Morgan fingerprint density at radius 3 is 2.80 bits per heavy atom. The largest absolute Gasteiger partial charge is 0.337 e. The smallest absolute Gasteiger partial charge is 0.163 e. The summed E-state index contributed by atoms with van der Waals surface area (Å²) in [6, 6.07) is 6.48. The first-order valence-electron chi connectivity index (χ1n) is 8.71. The van der Waals surface area contributed by atoms with Crippen molar-refractivity contribution < 1.29 is 0 Å². The van der Waals surface area contributed by atoms with Gasteiger partial charge in [-0.25, -0.2) is 15.0 Å². The van der Waals surface area contributed by atoms with Gasteiger partial charge in [0.25, 0.3) is 0 Å². The van der Waals surface area contributed by atoms with E-state index in [1.54, 1.807) is 24.2 Å². The van der Waals surface area contributed by atoms with Gasteiger partial charge in [-0.1, -0.05) is 45.0 Å². The summed E-state index contributed by atoms with van der Waals surface area (Å²) >= 11 is 1.65. The molecule has 1 aromatic carbocycles. The van der Waals surface area contributed by atoms with Gasteiger partial charge in [-0.05, 0) is 24.1 Å². The molecule has 1 aliphatic heterocycles. The first-order valence-corrected chi connectivity index (χ1v) is 9.53. The first kappa shape index (κ1) is 17.5. The molecule has 2 aromatic heterocycles. The lowest BCUT2D eigenvalue weighted by Gasteiger charge is -2.19. The summed E-state index contributed by atoms with van der Waals surface area (Å²) in [4.78, 5) is 14.3. The first-order chi connectivity index (χ1) is 12.3. The summed E-state index contributed by atoms with van der Waals surface area (Å²) < 4.78 is 2.14. The molecule has 0 aliphatic carbocycles. The molecule has 0 spiro atoms. The monoisotopic (exact) mass is 353 g/mol. The molecule has 25 heavy (non-hydrogen) atoms. The van der Waals surface area contributed by atoms with Gasteiger partial charge in [0.05, 0.1) is 17.7 Å². The van der Waals surface area contributed by atoms with Gasteiger partial charge in [0.1, 0.15) is 5.03 Å². The predicted octanol–water partition coefficient (Wildman–Crippen LogP) is 4.91. The maximum absolute atomic E-state index is 4.44. The fraction of sp³-hybridized carbons (Fsp3) is 0.316. The number of imidazole rings is 1. The van der Waals surface area contributed by atoms with Crippen LogP contribution in [0.4, 0.5) is 11.5 Å². The lowest BCUT2D eigenvalue weighted by Crippen LogP contribution is -2.05. The summed E-state index contributed by atoms with van der Waals surface area (Å²) in [6.07, 6.45) is 9.63. The van der Waals surface area contributed by atoms with E-state index in [1.807, 2.05) is 20.2 Å². The molecule has 1 N–H and O–H groups in total. The van der Waals surface area contributed by atoms with Gasteiger partial charge in [0.2, 0.25) is 0 Å². The van der Waals surface area contributed by atoms with Crippen molar-refractivity contribution in [2.75, 3.05) is 5.32 Å². The normalized spacial score (nSPS) is 11.6. The Hall–Kier alpha value is -2.34. The quantitative estimate of drug-likeness (QED) is 0.565. The fourth-order valence-electron chi connectivity index (χ4n) is 2.67. The average Bonchev–Trinajstić information content (AvgIpc) is 3.09. The van der Waals surface area contributed by atoms with Crippen molar-refractivity contribution >= 4 is 23.3 Å². The Kier molecular flexibility index (Phi) is 5.71. The number of hydrogen-bond acceptors (Lipinski definition) is 5. The summed E-state index contributed by atoms with van der Waals surface area (Å²) in [5, 5.41) is 4.30. The minimum Gasteiger partial charge on any atom is -0.337 e. The molecule has 130 valence electrons. The Morgan fingerprint density at radius 2 is 1.96 bits per heavy atom. The van der Waals surface area contributed by atoms with E-state index in [9.17, 15) is 0 Å². The van der Waals surface area contributed by atoms with Crippen LogP contribution >= 0.6 is 11.8 Å². The van der Waals surface area contributed by atoms with Crippen molar-refractivity contribution in [1.82, 2.24) is 19.5 Å². The molecule has 0 atom stereocenters. The number of nitrogens with zero attached hydrogens (tertiary/aromatic N) is 4. The average molecular weight is 353 g/mol. The zero-order valence-corrected chi connectivity index (χ0v) is 15.7. The molecule has 0 saturated carbocycles. The van der Waals surface area contributed by atoms with E-state index in [4.69, 9.17) is 0 Å². The van der Waals surface area contributed by atoms with Gasteiger partial charge in [-0.2, -0.15) is 0 Å².